The minimum atomic E-state index is -0.416. The molecule has 1 aromatic rings. The smallest absolute Gasteiger partial charge is 0.258 e. The van der Waals surface area contributed by atoms with Gasteiger partial charge >= 0.3 is 0 Å². The minimum Gasteiger partial charge on any atom is -0.271 e. The first-order valence-corrected chi connectivity index (χ1v) is 5.29. The molecule has 0 unspecified atom stereocenters. The van der Waals surface area contributed by atoms with Gasteiger partial charge in [0.25, 0.3) is 5.91 Å². The highest BCUT2D eigenvalue weighted by Gasteiger charge is 2.39. The maximum absolute atomic E-state index is 11.8. The highest BCUT2D eigenvalue weighted by atomic mass is 16.7. The molecule has 1 amide bonds. The predicted octanol–water partition coefficient (Wildman–Crippen LogP) is 2.46. The summed E-state index contributed by atoms with van der Waals surface area (Å²) < 4.78 is 0. The molecule has 1 saturated heterocycles. The van der Waals surface area contributed by atoms with Gasteiger partial charge < -0.3 is 0 Å². The zero-order valence-corrected chi connectivity index (χ0v) is 9.51. The van der Waals surface area contributed by atoms with Crippen LogP contribution in [-0.2, 0) is 9.63 Å². The third-order valence-corrected chi connectivity index (χ3v) is 2.55. The maximum Gasteiger partial charge on any atom is 0.258 e. The Morgan fingerprint density at radius 2 is 2.00 bits per heavy atom. The first kappa shape index (κ1) is 10.9. The molecule has 16 heavy (non-hydrogen) atoms. The second-order valence-corrected chi connectivity index (χ2v) is 4.51. The fraction of sp³-hybridized carbons (Fsp3) is 0.308. The Bertz CT molecular complexity index is 409. The van der Waals surface area contributed by atoms with Gasteiger partial charge in [0.2, 0.25) is 0 Å². The van der Waals surface area contributed by atoms with Crippen molar-refractivity contribution in [1.82, 2.24) is 5.06 Å². The number of amides is 1. The summed E-state index contributed by atoms with van der Waals surface area (Å²) in [5, 5.41) is 1.31. The molecule has 0 spiro atoms. The van der Waals surface area contributed by atoms with Gasteiger partial charge in [-0.3, -0.25) is 9.63 Å². The summed E-state index contributed by atoms with van der Waals surface area (Å²) in [7, 11) is 0. The van der Waals surface area contributed by atoms with E-state index in [1.165, 1.54) is 5.06 Å². The normalized spacial score (nSPS) is 19.6. The summed E-state index contributed by atoms with van der Waals surface area (Å²) in [5.41, 5.74) is 0.629. The number of benzene rings is 1. The van der Waals surface area contributed by atoms with Gasteiger partial charge in [0, 0.05) is 6.20 Å². The molecule has 84 valence electrons. The van der Waals surface area contributed by atoms with E-state index < -0.39 is 5.41 Å². The Hall–Kier alpha value is -1.61. The van der Waals surface area contributed by atoms with Gasteiger partial charge in [0.1, 0.15) is 0 Å². The largest absolute Gasteiger partial charge is 0.271 e. The summed E-state index contributed by atoms with van der Waals surface area (Å²) in [4.78, 5) is 17.1. The number of carbonyl (C=O) groups excluding carboxylic acids is 1. The van der Waals surface area contributed by atoms with Crippen molar-refractivity contribution in [3.63, 3.8) is 0 Å². The fourth-order valence-electron chi connectivity index (χ4n) is 1.48. The second-order valence-electron chi connectivity index (χ2n) is 4.51. The van der Waals surface area contributed by atoms with Crippen molar-refractivity contribution in [3.8, 4) is 0 Å². The van der Waals surface area contributed by atoms with Crippen LogP contribution in [0.25, 0.3) is 6.08 Å². The molecule has 0 aliphatic carbocycles. The number of hydrogen-bond donors (Lipinski definition) is 0. The lowest BCUT2D eigenvalue weighted by Gasteiger charge is -2.11. The standard InChI is InChI=1S/C13H15NO2/c1-13(2)10-16-14(12(13)15)9-8-11-6-4-3-5-7-11/h3-9H,10H2,1-2H3/b9-8+. The van der Waals surface area contributed by atoms with Crippen LogP contribution in [0.3, 0.4) is 0 Å². The quantitative estimate of drug-likeness (QED) is 0.761. The molecule has 3 heteroatoms. The molecule has 0 bridgehead atoms. The van der Waals surface area contributed by atoms with Crippen molar-refractivity contribution in [2.24, 2.45) is 5.41 Å². The Kier molecular flexibility index (Phi) is 2.79. The van der Waals surface area contributed by atoms with Gasteiger partial charge in [-0.1, -0.05) is 30.3 Å². The monoisotopic (exact) mass is 217 g/mol. The van der Waals surface area contributed by atoms with Crippen molar-refractivity contribution in [3.05, 3.63) is 42.1 Å². The first-order chi connectivity index (χ1) is 7.59. The van der Waals surface area contributed by atoms with Crippen LogP contribution in [0.15, 0.2) is 36.5 Å². The summed E-state index contributed by atoms with van der Waals surface area (Å²) in [6.45, 7) is 4.20. The lowest BCUT2D eigenvalue weighted by Crippen LogP contribution is -2.27. The van der Waals surface area contributed by atoms with E-state index in [0.29, 0.717) is 6.61 Å². The second kappa shape index (κ2) is 4.10. The van der Waals surface area contributed by atoms with Crippen molar-refractivity contribution in [1.29, 1.82) is 0 Å². The molecule has 1 aliphatic heterocycles. The molecular formula is C13H15NO2. The van der Waals surface area contributed by atoms with E-state index in [0.717, 1.165) is 5.56 Å². The number of rotatable bonds is 2. The number of hydrogen-bond acceptors (Lipinski definition) is 2. The molecule has 3 nitrogen and oxygen atoms in total. The van der Waals surface area contributed by atoms with Crippen molar-refractivity contribution < 1.29 is 9.63 Å². The first-order valence-electron chi connectivity index (χ1n) is 5.29. The zero-order chi connectivity index (χ0) is 11.6. The van der Waals surface area contributed by atoms with E-state index in [2.05, 4.69) is 0 Å². The van der Waals surface area contributed by atoms with Gasteiger partial charge in [-0.15, -0.1) is 0 Å². The van der Waals surface area contributed by atoms with Crippen LogP contribution in [0.5, 0.6) is 0 Å². The average molecular weight is 217 g/mol. The molecule has 2 rings (SSSR count). The molecule has 0 atom stereocenters. The van der Waals surface area contributed by atoms with Crippen LogP contribution in [0.2, 0.25) is 0 Å². The van der Waals surface area contributed by atoms with Crippen LogP contribution < -0.4 is 0 Å². The zero-order valence-electron chi connectivity index (χ0n) is 9.51. The SMILES string of the molecule is CC1(C)CON(/C=C/c2ccccc2)C1=O. The van der Waals surface area contributed by atoms with Gasteiger partial charge in [0.15, 0.2) is 0 Å². The molecular weight excluding hydrogens is 202 g/mol. The van der Waals surface area contributed by atoms with E-state index in [1.54, 1.807) is 6.20 Å². The van der Waals surface area contributed by atoms with Crippen LogP contribution in [-0.4, -0.2) is 17.6 Å². The van der Waals surface area contributed by atoms with Crippen LogP contribution >= 0.6 is 0 Å². The van der Waals surface area contributed by atoms with Crippen molar-refractivity contribution in [2.75, 3.05) is 6.61 Å². The molecule has 1 fully saturated rings. The van der Waals surface area contributed by atoms with Gasteiger partial charge in [-0.2, -0.15) is 5.06 Å². The molecule has 0 radical (unpaired) electrons. The molecule has 1 heterocycles. The van der Waals surface area contributed by atoms with E-state index in [-0.39, 0.29) is 5.91 Å². The van der Waals surface area contributed by atoms with Crippen LogP contribution in [0.4, 0.5) is 0 Å². The van der Waals surface area contributed by atoms with Gasteiger partial charge in [-0.25, -0.2) is 0 Å². The average Bonchev–Trinajstić information content (AvgIpc) is 2.54. The molecule has 0 saturated carbocycles. The Balaban J connectivity index is 2.07. The number of carbonyl (C=O) groups is 1. The molecule has 1 aliphatic rings. The highest BCUT2D eigenvalue weighted by molar-refractivity contribution is 5.84. The summed E-state index contributed by atoms with van der Waals surface area (Å²) in [5.74, 6) is -0.000295. The number of hydroxylamine groups is 2. The van der Waals surface area contributed by atoms with E-state index in [9.17, 15) is 4.79 Å². The summed E-state index contributed by atoms with van der Waals surface area (Å²) >= 11 is 0. The topological polar surface area (TPSA) is 29.5 Å². The Morgan fingerprint density at radius 1 is 1.31 bits per heavy atom. The van der Waals surface area contributed by atoms with Crippen molar-refractivity contribution >= 4 is 12.0 Å². The summed E-state index contributed by atoms with van der Waals surface area (Å²) in [6, 6.07) is 9.81. The predicted molar refractivity (Wildman–Crippen MR) is 62.1 cm³/mol. The Morgan fingerprint density at radius 3 is 2.56 bits per heavy atom. The fourth-order valence-corrected chi connectivity index (χ4v) is 1.48. The van der Waals surface area contributed by atoms with E-state index in [4.69, 9.17) is 4.84 Å². The van der Waals surface area contributed by atoms with Gasteiger partial charge in [0.05, 0.1) is 12.0 Å². The summed E-state index contributed by atoms with van der Waals surface area (Å²) in [6.07, 6.45) is 3.53. The van der Waals surface area contributed by atoms with Crippen LogP contribution in [0.1, 0.15) is 19.4 Å². The Labute approximate surface area is 95.3 Å². The highest BCUT2D eigenvalue weighted by Crippen LogP contribution is 2.27. The van der Waals surface area contributed by atoms with E-state index in [1.807, 2.05) is 50.3 Å². The van der Waals surface area contributed by atoms with Crippen LogP contribution in [0, 0.1) is 5.41 Å². The molecule has 0 N–H and O–H groups in total. The lowest BCUT2D eigenvalue weighted by atomic mass is 9.95. The third kappa shape index (κ3) is 2.14. The minimum absolute atomic E-state index is 0.000295. The van der Waals surface area contributed by atoms with E-state index >= 15 is 0 Å². The molecule has 1 aromatic carbocycles. The maximum atomic E-state index is 11.8. The number of nitrogens with zero attached hydrogens (tertiary/aromatic N) is 1. The lowest BCUT2D eigenvalue weighted by molar-refractivity contribution is -0.150. The van der Waals surface area contributed by atoms with Crippen molar-refractivity contribution in [2.45, 2.75) is 13.8 Å². The molecule has 0 aromatic heterocycles. The van der Waals surface area contributed by atoms with Gasteiger partial charge in [-0.05, 0) is 25.5 Å². The third-order valence-electron chi connectivity index (χ3n) is 2.55.